The van der Waals surface area contributed by atoms with E-state index in [2.05, 4.69) is 19.1 Å². The van der Waals surface area contributed by atoms with E-state index in [4.69, 9.17) is 10.5 Å². The van der Waals surface area contributed by atoms with Gasteiger partial charge in [0.15, 0.2) is 0 Å². The van der Waals surface area contributed by atoms with Crippen LogP contribution in [0.3, 0.4) is 0 Å². The summed E-state index contributed by atoms with van der Waals surface area (Å²) in [6.07, 6.45) is 1.66. The van der Waals surface area contributed by atoms with Crippen LogP contribution in [-0.2, 0) is 19.4 Å². The summed E-state index contributed by atoms with van der Waals surface area (Å²) in [5.41, 5.74) is 8.99. The van der Waals surface area contributed by atoms with Gasteiger partial charge in [-0.05, 0) is 48.6 Å². The molecule has 2 aromatic carbocycles. The van der Waals surface area contributed by atoms with Crippen LogP contribution in [0.15, 0.2) is 42.5 Å². The average molecular weight is 287 g/mol. The normalized spacial score (nSPS) is 12.2. The second-order valence-electron chi connectivity index (χ2n) is 5.44. The zero-order valence-electron chi connectivity index (χ0n) is 12.6. The van der Waals surface area contributed by atoms with Crippen LogP contribution >= 0.6 is 0 Å². The molecule has 0 aliphatic carbocycles. The van der Waals surface area contributed by atoms with E-state index in [0.29, 0.717) is 18.8 Å². The highest BCUT2D eigenvalue weighted by Gasteiger charge is 2.05. The number of hydrogen-bond acceptors (Lipinski definition) is 2. The zero-order chi connectivity index (χ0) is 15.2. The van der Waals surface area contributed by atoms with Crippen LogP contribution in [-0.4, -0.2) is 6.04 Å². The molecule has 0 radical (unpaired) electrons. The first kappa shape index (κ1) is 15.5. The van der Waals surface area contributed by atoms with E-state index in [1.165, 1.54) is 17.7 Å². The Morgan fingerprint density at radius 2 is 1.71 bits per heavy atom. The van der Waals surface area contributed by atoms with Crippen LogP contribution < -0.4 is 10.5 Å². The Kier molecular flexibility index (Phi) is 5.34. The molecule has 2 rings (SSSR count). The minimum Gasteiger partial charge on any atom is -0.489 e. The molecule has 0 aliphatic heterocycles. The van der Waals surface area contributed by atoms with Crippen molar-refractivity contribution in [3.8, 4) is 5.75 Å². The number of rotatable bonds is 6. The molecule has 0 saturated heterocycles. The van der Waals surface area contributed by atoms with Gasteiger partial charge in [0, 0.05) is 12.1 Å². The molecule has 0 bridgehead atoms. The third-order valence-electron chi connectivity index (χ3n) is 3.33. The van der Waals surface area contributed by atoms with Crippen molar-refractivity contribution in [2.45, 2.75) is 39.3 Å². The lowest BCUT2D eigenvalue weighted by atomic mass is 10.1. The van der Waals surface area contributed by atoms with Crippen LogP contribution in [0.5, 0.6) is 5.75 Å². The lowest BCUT2D eigenvalue weighted by Crippen LogP contribution is -2.17. The third kappa shape index (κ3) is 4.87. The molecule has 21 heavy (non-hydrogen) atoms. The third-order valence-corrected chi connectivity index (χ3v) is 3.33. The molecule has 0 fully saturated rings. The van der Waals surface area contributed by atoms with Crippen molar-refractivity contribution in [1.82, 2.24) is 0 Å². The lowest BCUT2D eigenvalue weighted by Gasteiger charge is -2.10. The fraction of sp³-hybridized carbons (Fsp3) is 0.333. The van der Waals surface area contributed by atoms with E-state index < -0.39 is 0 Å². The molecular weight excluding hydrogens is 265 g/mol. The first-order valence-electron chi connectivity index (χ1n) is 7.32. The highest BCUT2D eigenvalue weighted by molar-refractivity contribution is 5.31. The number of ether oxygens (including phenoxy) is 1. The summed E-state index contributed by atoms with van der Waals surface area (Å²) in [5, 5.41) is 0. The Hall–Kier alpha value is -1.87. The monoisotopic (exact) mass is 287 g/mol. The molecule has 0 saturated carbocycles. The number of benzene rings is 2. The smallest absolute Gasteiger partial charge is 0.127 e. The van der Waals surface area contributed by atoms with Gasteiger partial charge in [-0.1, -0.05) is 31.2 Å². The molecule has 2 N–H and O–H groups in total. The fourth-order valence-corrected chi connectivity index (χ4v) is 2.23. The van der Waals surface area contributed by atoms with Crippen LogP contribution in [0.1, 0.15) is 30.5 Å². The van der Waals surface area contributed by atoms with Crippen molar-refractivity contribution >= 4 is 0 Å². The first-order valence-corrected chi connectivity index (χ1v) is 7.32. The molecule has 0 heterocycles. The van der Waals surface area contributed by atoms with Crippen molar-refractivity contribution in [3.05, 3.63) is 65.0 Å². The van der Waals surface area contributed by atoms with Gasteiger partial charge in [-0.25, -0.2) is 4.39 Å². The van der Waals surface area contributed by atoms with Gasteiger partial charge in [0.2, 0.25) is 0 Å². The van der Waals surface area contributed by atoms with E-state index in [1.807, 2.05) is 25.1 Å². The maximum absolute atomic E-state index is 13.6. The van der Waals surface area contributed by atoms with E-state index in [-0.39, 0.29) is 11.9 Å². The molecule has 3 heteroatoms. The Morgan fingerprint density at radius 3 is 2.33 bits per heavy atom. The van der Waals surface area contributed by atoms with Gasteiger partial charge in [-0.3, -0.25) is 0 Å². The average Bonchev–Trinajstić information content (AvgIpc) is 2.44. The van der Waals surface area contributed by atoms with Gasteiger partial charge in [-0.15, -0.1) is 0 Å². The highest BCUT2D eigenvalue weighted by Crippen LogP contribution is 2.19. The summed E-state index contributed by atoms with van der Waals surface area (Å²) in [7, 11) is 0. The van der Waals surface area contributed by atoms with Gasteiger partial charge in [0.1, 0.15) is 18.2 Å². The van der Waals surface area contributed by atoms with Crippen LogP contribution in [0.4, 0.5) is 4.39 Å². The summed E-state index contributed by atoms with van der Waals surface area (Å²) >= 11 is 0. The predicted octanol–water partition coefficient (Wildman–Crippen LogP) is 3.86. The Labute approximate surface area is 125 Å². The summed E-state index contributed by atoms with van der Waals surface area (Å²) in [6, 6.07) is 13.0. The van der Waals surface area contributed by atoms with Crippen LogP contribution in [0, 0.1) is 5.82 Å². The highest BCUT2D eigenvalue weighted by atomic mass is 19.1. The van der Waals surface area contributed by atoms with Crippen molar-refractivity contribution in [3.63, 3.8) is 0 Å². The number of halogens is 1. The fourth-order valence-electron chi connectivity index (χ4n) is 2.23. The summed E-state index contributed by atoms with van der Waals surface area (Å²) in [4.78, 5) is 0. The maximum Gasteiger partial charge on any atom is 0.127 e. The Morgan fingerprint density at radius 1 is 1.05 bits per heavy atom. The lowest BCUT2D eigenvalue weighted by molar-refractivity contribution is 0.304. The second-order valence-corrected chi connectivity index (χ2v) is 5.44. The minimum atomic E-state index is -0.288. The number of aryl methyl sites for hydroxylation is 1. The first-order chi connectivity index (χ1) is 10.1. The largest absolute Gasteiger partial charge is 0.489 e. The van der Waals surface area contributed by atoms with Gasteiger partial charge in [0.05, 0.1) is 0 Å². The zero-order valence-corrected chi connectivity index (χ0v) is 12.6. The predicted molar refractivity (Wildman–Crippen MR) is 83.9 cm³/mol. The minimum absolute atomic E-state index is 0.00115. The molecule has 0 aliphatic rings. The molecule has 2 aromatic rings. The Bertz CT molecular complexity index is 578. The van der Waals surface area contributed by atoms with Crippen molar-refractivity contribution < 1.29 is 9.13 Å². The molecule has 1 unspecified atom stereocenters. The van der Waals surface area contributed by atoms with Crippen LogP contribution in [0.25, 0.3) is 0 Å². The number of hydrogen-bond donors (Lipinski definition) is 1. The molecule has 1 atom stereocenters. The maximum atomic E-state index is 13.6. The SMILES string of the molecule is CCc1ccc(COc2cc(F)cc(CC(C)N)c2)cc1. The molecule has 112 valence electrons. The van der Waals surface area contributed by atoms with Gasteiger partial charge in [-0.2, -0.15) is 0 Å². The molecule has 0 aromatic heterocycles. The number of nitrogens with two attached hydrogens (primary N) is 1. The second kappa shape index (κ2) is 7.23. The Balaban J connectivity index is 2.03. The molecule has 2 nitrogen and oxygen atoms in total. The topological polar surface area (TPSA) is 35.2 Å². The molecule has 0 spiro atoms. The standard InChI is InChI=1S/C18H22FNO/c1-3-14-4-6-15(7-5-14)12-21-18-10-16(8-13(2)20)9-17(19)11-18/h4-7,9-11,13H,3,8,12,20H2,1-2H3. The quantitative estimate of drug-likeness (QED) is 0.875. The summed E-state index contributed by atoms with van der Waals surface area (Å²) in [5.74, 6) is 0.259. The van der Waals surface area contributed by atoms with Gasteiger partial charge >= 0.3 is 0 Å². The van der Waals surface area contributed by atoms with Crippen molar-refractivity contribution in [2.75, 3.05) is 0 Å². The molecular formula is C18H22FNO. The van der Waals surface area contributed by atoms with Gasteiger partial charge < -0.3 is 10.5 Å². The van der Waals surface area contributed by atoms with E-state index in [1.54, 1.807) is 0 Å². The van der Waals surface area contributed by atoms with Gasteiger partial charge in [0.25, 0.3) is 0 Å². The van der Waals surface area contributed by atoms with E-state index in [0.717, 1.165) is 17.5 Å². The summed E-state index contributed by atoms with van der Waals surface area (Å²) in [6.45, 7) is 4.46. The van der Waals surface area contributed by atoms with Crippen molar-refractivity contribution in [1.29, 1.82) is 0 Å². The molecule has 0 amide bonds. The van der Waals surface area contributed by atoms with Crippen molar-refractivity contribution in [2.24, 2.45) is 5.73 Å². The van der Waals surface area contributed by atoms with Crippen LogP contribution in [0.2, 0.25) is 0 Å². The summed E-state index contributed by atoms with van der Waals surface area (Å²) < 4.78 is 19.3. The van der Waals surface area contributed by atoms with E-state index in [9.17, 15) is 4.39 Å². The van der Waals surface area contributed by atoms with E-state index >= 15 is 0 Å².